The van der Waals surface area contributed by atoms with Gasteiger partial charge in [-0.05, 0) is 24.3 Å². The Hall–Kier alpha value is -3.06. The van der Waals surface area contributed by atoms with Crippen LogP contribution in [0.5, 0.6) is 0 Å². The molecule has 7 nitrogen and oxygen atoms in total. The van der Waals surface area contributed by atoms with Crippen molar-refractivity contribution in [2.45, 2.75) is 12.6 Å². The fourth-order valence-electron chi connectivity index (χ4n) is 2.19. The zero-order valence-electron chi connectivity index (χ0n) is 12.9. The number of carbonyl (C=O) groups excluding carboxylic acids is 1. The molecule has 1 aromatic carbocycles. The van der Waals surface area contributed by atoms with Gasteiger partial charge in [0.2, 0.25) is 0 Å². The molecular formula is C17H18N4O3. The molecule has 1 unspecified atom stereocenters. The van der Waals surface area contributed by atoms with Crippen molar-refractivity contribution in [1.82, 2.24) is 20.4 Å². The number of aliphatic hydroxyl groups is 1. The highest BCUT2D eigenvalue weighted by molar-refractivity contribution is 5.73. The third-order valence-electron chi connectivity index (χ3n) is 3.44. The van der Waals surface area contributed by atoms with Gasteiger partial charge in [-0.3, -0.25) is 0 Å². The minimum Gasteiger partial charge on any atom is -0.467 e. The summed E-state index contributed by atoms with van der Waals surface area (Å²) in [7, 11) is 0. The second-order valence-electron chi connectivity index (χ2n) is 5.22. The second kappa shape index (κ2) is 7.47. The van der Waals surface area contributed by atoms with E-state index in [0.717, 1.165) is 11.3 Å². The SMILES string of the molecule is O=C(NCc1cnn(-c2ccccc2)c1)NCC(O)c1ccco1. The highest BCUT2D eigenvalue weighted by Gasteiger charge is 2.11. The number of amides is 2. The summed E-state index contributed by atoms with van der Waals surface area (Å²) >= 11 is 0. The molecule has 1 atom stereocenters. The van der Waals surface area contributed by atoms with Crippen LogP contribution >= 0.6 is 0 Å². The maximum Gasteiger partial charge on any atom is 0.315 e. The summed E-state index contributed by atoms with van der Waals surface area (Å²) in [5, 5.41) is 19.4. The summed E-state index contributed by atoms with van der Waals surface area (Å²) in [6, 6.07) is 12.7. The van der Waals surface area contributed by atoms with E-state index in [4.69, 9.17) is 4.42 Å². The minimum atomic E-state index is -0.869. The third-order valence-corrected chi connectivity index (χ3v) is 3.44. The van der Waals surface area contributed by atoms with Gasteiger partial charge in [-0.25, -0.2) is 9.48 Å². The first-order valence-electron chi connectivity index (χ1n) is 7.54. The predicted octanol–water partition coefficient (Wildman–Crippen LogP) is 2.00. The maximum atomic E-state index is 11.8. The number of nitrogens with one attached hydrogen (secondary N) is 2. The Balaban J connectivity index is 1.46. The van der Waals surface area contributed by atoms with E-state index < -0.39 is 6.10 Å². The van der Waals surface area contributed by atoms with Gasteiger partial charge in [-0.2, -0.15) is 5.10 Å². The lowest BCUT2D eigenvalue weighted by molar-refractivity contribution is 0.148. The molecule has 0 radical (unpaired) electrons. The summed E-state index contributed by atoms with van der Waals surface area (Å²) in [5.41, 5.74) is 1.83. The Morgan fingerprint density at radius 3 is 2.79 bits per heavy atom. The molecule has 0 saturated carbocycles. The van der Waals surface area contributed by atoms with Crippen molar-refractivity contribution in [3.05, 3.63) is 72.4 Å². The van der Waals surface area contributed by atoms with Gasteiger partial charge in [-0.1, -0.05) is 18.2 Å². The number of hydrogen-bond acceptors (Lipinski definition) is 4. The van der Waals surface area contributed by atoms with E-state index >= 15 is 0 Å². The van der Waals surface area contributed by atoms with Gasteiger partial charge in [0.25, 0.3) is 0 Å². The molecule has 2 aromatic heterocycles. The molecule has 3 rings (SSSR count). The van der Waals surface area contributed by atoms with Crippen molar-refractivity contribution < 1.29 is 14.3 Å². The Bertz CT molecular complexity index is 768. The lowest BCUT2D eigenvalue weighted by Gasteiger charge is -2.10. The summed E-state index contributed by atoms with van der Waals surface area (Å²) in [5.74, 6) is 0.416. The molecule has 0 bridgehead atoms. The molecule has 0 aliphatic rings. The number of nitrogens with zero attached hydrogens (tertiary/aromatic N) is 2. The lowest BCUT2D eigenvalue weighted by Crippen LogP contribution is -2.37. The molecule has 124 valence electrons. The van der Waals surface area contributed by atoms with Crippen LogP contribution in [0.1, 0.15) is 17.4 Å². The molecule has 0 aliphatic heterocycles. The van der Waals surface area contributed by atoms with Gasteiger partial charge in [0.05, 0.1) is 24.7 Å². The lowest BCUT2D eigenvalue weighted by atomic mass is 10.3. The van der Waals surface area contributed by atoms with Crippen molar-refractivity contribution in [2.24, 2.45) is 0 Å². The number of para-hydroxylation sites is 1. The van der Waals surface area contributed by atoms with Crippen LogP contribution in [0.3, 0.4) is 0 Å². The Morgan fingerprint density at radius 2 is 2.04 bits per heavy atom. The van der Waals surface area contributed by atoms with Gasteiger partial charge >= 0.3 is 6.03 Å². The van der Waals surface area contributed by atoms with Crippen molar-refractivity contribution in [1.29, 1.82) is 0 Å². The van der Waals surface area contributed by atoms with E-state index in [1.165, 1.54) is 6.26 Å². The van der Waals surface area contributed by atoms with Crippen LogP contribution in [-0.4, -0.2) is 27.5 Å². The van der Waals surface area contributed by atoms with E-state index in [1.807, 2.05) is 36.5 Å². The van der Waals surface area contributed by atoms with E-state index in [2.05, 4.69) is 15.7 Å². The standard InChI is InChI=1S/C17H18N4O3/c22-15(16-7-4-8-24-16)11-19-17(23)18-9-13-10-20-21(12-13)14-5-2-1-3-6-14/h1-8,10,12,15,22H,9,11H2,(H2,18,19,23). The molecule has 0 fully saturated rings. The molecule has 24 heavy (non-hydrogen) atoms. The van der Waals surface area contributed by atoms with Crippen LogP contribution in [0.15, 0.2) is 65.5 Å². The summed E-state index contributed by atoms with van der Waals surface area (Å²) < 4.78 is 6.81. The van der Waals surface area contributed by atoms with Gasteiger partial charge in [0.15, 0.2) is 0 Å². The first kappa shape index (κ1) is 15.8. The molecule has 3 aromatic rings. The van der Waals surface area contributed by atoms with E-state index in [-0.39, 0.29) is 12.6 Å². The van der Waals surface area contributed by atoms with Gasteiger partial charge in [-0.15, -0.1) is 0 Å². The van der Waals surface area contributed by atoms with Crippen LogP contribution in [0.25, 0.3) is 5.69 Å². The molecule has 0 saturated heterocycles. The number of rotatable bonds is 6. The van der Waals surface area contributed by atoms with Crippen LogP contribution in [0, 0.1) is 0 Å². The number of furan rings is 1. The van der Waals surface area contributed by atoms with Crippen LogP contribution in [0.2, 0.25) is 0 Å². The Labute approximate surface area is 138 Å². The van der Waals surface area contributed by atoms with Crippen LogP contribution in [-0.2, 0) is 6.54 Å². The summed E-state index contributed by atoms with van der Waals surface area (Å²) in [4.78, 5) is 11.8. The number of aromatic nitrogens is 2. The molecule has 2 heterocycles. The van der Waals surface area contributed by atoms with E-state index in [0.29, 0.717) is 12.3 Å². The van der Waals surface area contributed by atoms with Crippen molar-refractivity contribution >= 4 is 6.03 Å². The molecule has 3 N–H and O–H groups in total. The molecule has 2 amide bonds. The fourth-order valence-corrected chi connectivity index (χ4v) is 2.19. The van der Waals surface area contributed by atoms with Crippen LogP contribution in [0.4, 0.5) is 4.79 Å². The monoisotopic (exact) mass is 326 g/mol. The summed E-state index contributed by atoms with van der Waals surface area (Å²) in [6.45, 7) is 0.415. The normalized spacial score (nSPS) is 11.9. The molecule has 7 heteroatoms. The summed E-state index contributed by atoms with van der Waals surface area (Å²) in [6.07, 6.45) is 4.16. The Kier molecular flexibility index (Phi) is 4.93. The Morgan fingerprint density at radius 1 is 1.21 bits per heavy atom. The largest absolute Gasteiger partial charge is 0.467 e. The third kappa shape index (κ3) is 4.02. The number of hydrogen-bond donors (Lipinski definition) is 3. The second-order valence-corrected chi connectivity index (χ2v) is 5.22. The number of urea groups is 1. The quantitative estimate of drug-likeness (QED) is 0.646. The van der Waals surface area contributed by atoms with Crippen molar-refractivity contribution in [2.75, 3.05) is 6.54 Å². The number of benzene rings is 1. The zero-order valence-corrected chi connectivity index (χ0v) is 12.9. The molecule has 0 spiro atoms. The average Bonchev–Trinajstić information content (AvgIpc) is 3.30. The average molecular weight is 326 g/mol. The number of aliphatic hydroxyl groups excluding tert-OH is 1. The van der Waals surface area contributed by atoms with Crippen molar-refractivity contribution in [3.8, 4) is 5.69 Å². The highest BCUT2D eigenvalue weighted by atomic mass is 16.4. The zero-order chi connectivity index (χ0) is 16.8. The van der Waals surface area contributed by atoms with Gasteiger partial charge in [0, 0.05) is 18.3 Å². The molecule has 0 aliphatic carbocycles. The van der Waals surface area contributed by atoms with E-state index in [1.54, 1.807) is 23.0 Å². The smallest absolute Gasteiger partial charge is 0.315 e. The minimum absolute atomic E-state index is 0.0720. The van der Waals surface area contributed by atoms with Crippen molar-refractivity contribution in [3.63, 3.8) is 0 Å². The first-order chi connectivity index (χ1) is 11.7. The predicted molar refractivity (Wildman–Crippen MR) is 87.5 cm³/mol. The fraction of sp³-hybridized carbons (Fsp3) is 0.176. The highest BCUT2D eigenvalue weighted by Crippen LogP contribution is 2.11. The topological polar surface area (TPSA) is 92.3 Å². The van der Waals surface area contributed by atoms with E-state index in [9.17, 15) is 9.90 Å². The maximum absolute atomic E-state index is 11.8. The number of carbonyl (C=O) groups is 1. The van der Waals surface area contributed by atoms with Gasteiger partial charge < -0.3 is 20.2 Å². The first-order valence-corrected chi connectivity index (χ1v) is 7.54. The van der Waals surface area contributed by atoms with Gasteiger partial charge in [0.1, 0.15) is 11.9 Å². The van der Waals surface area contributed by atoms with Crippen LogP contribution < -0.4 is 10.6 Å². The molecular weight excluding hydrogens is 308 g/mol.